The molecule has 0 amide bonds. The van der Waals surface area contributed by atoms with E-state index in [1.165, 1.54) is 48.9 Å². The van der Waals surface area contributed by atoms with E-state index in [0.717, 1.165) is 22.4 Å². The van der Waals surface area contributed by atoms with E-state index in [4.69, 9.17) is 5.41 Å². The van der Waals surface area contributed by atoms with Crippen molar-refractivity contribution in [1.82, 2.24) is 4.57 Å². The molecule has 0 spiro atoms. The minimum absolute atomic E-state index is 0.0962. The molecule has 1 N–H and O–H groups in total. The summed E-state index contributed by atoms with van der Waals surface area (Å²) in [7, 11) is 2.14. The van der Waals surface area contributed by atoms with E-state index in [1.807, 2.05) is 12.1 Å². The quantitative estimate of drug-likeness (QED) is 0.201. The minimum Gasteiger partial charge on any atom is -0.344 e. The fraction of sp³-hybridized carbons (Fsp3) is 0.0952. The molecule has 0 unspecified atom stereocenters. The average molecular weight is 582 g/mol. The summed E-state index contributed by atoms with van der Waals surface area (Å²) in [5.41, 5.74) is 7.89. The molecule has 0 bridgehead atoms. The van der Waals surface area contributed by atoms with Crippen LogP contribution in [-0.4, -0.2) is 17.0 Å². The number of aryl methyl sites for hydroxylation is 1. The second-order valence-corrected chi connectivity index (χ2v) is 12.3. The third kappa shape index (κ3) is 5.07. The van der Waals surface area contributed by atoms with Gasteiger partial charge in [-0.1, -0.05) is 135 Å². The molecule has 7 aromatic rings. The number of nitrogens with zero attached hydrogens (tertiary/aromatic N) is 2. The Bertz CT molecular complexity index is 2320. The molecule has 218 valence electrons. The molecule has 45 heavy (non-hydrogen) atoms. The van der Waals surface area contributed by atoms with Crippen molar-refractivity contribution in [2.45, 2.75) is 13.8 Å². The van der Waals surface area contributed by atoms with Crippen LogP contribution in [0.5, 0.6) is 0 Å². The minimum atomic E-state index is -0.0962. The van der Waals surface area contributed by atoms with Crippen LogP contribution in [0.2, 0.25) is 0 Å². The Morgan fingerprint density at radius 1 is 0.644 bits per heavy atom. The first-order valence-electron chi connectivity index (χ1n) is 15.3. The smallest absolute Gasteiger partial charge is 0.0703 e. The Hall–Kier alpha value is -5.54. The molecule has 0 fully saturated rings. The van der Waals surface area contributed by atoms with E-state index < -0.39 is 0 Å². The Labute approximate surface area is 264 Å². The van der Waals surface area contributed by atoms with Crippen molar-refractivity contribution >= 4 is 55.8 Å². The zero-order chi connectivity index (χ0) is 31.1. The van der Waals surface area contributed by atoms with Gasteiger partial charge in [0.05, 0.1) is 11.4 Å². The fourth-order valence-corrected chi connectivity index (χ4v) is 6.63. The number of rotatable bonds is 4. The Balaban J connectivity index is 0.000000156. The highest BCUT2D eigenvalue weighted by atomic mass is 14.9. The van der Waals surface area contributed by atoms with Gasteiger partial charge in [0.25, 0.3) is 0 Å². The summed E-state index contributed by atoms with van der Waals surface area (Å²) in [6.07, 6.45) is 4.16. The number of hydrogen-bond donors (Lipinski definition) is 1. The molecule has 1 aliphatic carbocycles. The topological polar surface area (TPSA) is 41.1 Å². The van der Waals surface area contributed by atoms with E-state index in [-0.39, 0.29) is 5.41 Å². The van der Waals surface area contributed by atoms with Gasteiger partial charge in [-0.05, 0) is 57.6 Å². The summed E-state index contributed by atoms with van der Waals surface area (Å²) in [4.78, 5) is 4.11. The molecule has 1 aliphatic rings. The Morgan fingerprint density at radius 3 is 2.00 bits per heavy atom. The summed E-state index contributed by atoms with van der Waals surface area (Å²) in [6, 6.07) is 44.6. The highest BCUT2D eigenvalue weighted by Crippen LogP contribution is 2.36. The van der Waals surface area contributed by atoms with Gasteiger partial charge >= 0.3 is 0 Å². The molecule has 3 nitrogen and oxygen atoms in total. The van der Waals surface area contributed by atoms with Crippen molar-refractivity contribution < 1.29 is 0 Å². The summed E-state index contributed by atoms with van der Waals surface area (Å²) in [6.45, 7) is 7.89. The average Bonchev–Trinajstić information content (AvgIpc) is 3.57. The standard InChI is InChI=1S/C25H22N2.C17H13N/c1-25(2)15-22(23(16-25)27-3)24(26)19-13-11-18(12-14-19)21-10-6-8-17-7-4-5-9-20(17)21;1-18-15-9-5-4-8-14(15)17-13-7-3-2-6-12(13)10-11-16(17)18/h4-16,26H,3H2,1-2H3;2-11H,1H3. The van der Waals surface area contributed by atoms with E-state index in [9.17, 15) is 0 Å². The molecular weight excluding hydrogens is 546 g/mol. The molecule has 0 radical (unpaired) electrons. The van der Waals surface area contributed by atoms with Gasteiger partial charge in [0.2, 0.25) is 0 Å². The normalized spacial score (nSPS) is 13.8. The van der Waals surface area contributed by atoms with Crippen LogP contribution in [0.4, 0.5) is 0 Å². The fourth-order valence-electron chi connectivity index (χ4n) is 6.63. The first kappa shape index (κ1) is 28.2. The van der Waals surface area contributed by atoms with Crippen LogP contribution in [-0.2, 0) is 7.05 Å². The second kappa shape index (κ2) is 11.2. The van der Waals surface area contributed by atoms with E-state index in [2.05, 4.69) is 165 Å². The van der Waals surface area contributed by atoms with Crippen LogP contribution in [0.25, 0.3) is 54.5 Å². The van der Waals surface area contributed by atoms with Gasteiger partial charge < -0.3 is 4.57 Å². The zero-order valence-corrected chi connectivity index (χ0v) is 25.9. The van der Waals surface area contributed by atoms with Crippen LogP contribution >= 0.6 is 0 Å². The molecule has 0 saturated carbocycles. The zero-order valence-electron chi connectivity index (χ0n) is 25.9. The lowest BCUT2D eigenvalue weighted by Crippen LogP contribution is -2.04. The maximum absolute atomic E-state index is 8.65. The third-order valence-electron chi connectivity index (χ3n) is 8.82. The predicted octanol–water partition coefficient (Wildman–Crippen LogP) is 10.9. The summed E-state index contributed by atoms with van der Waals surface area (Å²) >= 11 is 0. The van der Waals surface area contributed by atoms with Crippen LogP contribution < -0.4 is 0 Å². The molecule has 0 aliphatic heterocycles. The predicted molar refractivity (Wildman–Crippen MR) is 194 cm³/mol. The first-order valence-corrected chi connectivity index (χ1v) is 15.3. The number of para-hydroxylation sites is 1. The number of aliphatic imine (C=N–C) groups is 1. The maximum Gasteiger partial charge on any atom is 0.0703 e. The van der Waals surface area contributed by atoms with Gasteiger partial charge in [0, 0.05) is 45.4 Å². The van der Waals surface area contributed by atoms with Gasteiger partial charge in [0.15, 0.2) is 0 Å². The number of allylic oxidation sites excluding steroid dienone is 3. The van der Waals surface area contributed by atoms with Crippen molar-refractivity contribution in [3.63, 3.8) is 0 Å². The van der Waals surface area contributed by atoms with Crippen molar-refractivity contribution in [2.75, 3.05) is 0 Å². The van der Waals surface area contributed by atoms with Crippen LogP contribution in [0.3, 0.4) is 0 Å². The van der Waals surface area contributed by atoms with E-state index in [0.29, 0.717) is 5.71 Å². The van der Waals surface area contributed by atoms with Crippen LogP contribution in [0.1, 0.15) is 19.4 Å². The molecule has 6 aromatic carbocycles. The van der Waals surface area contributed by atoms with E-state index in [1.54, 1.807) is 0 Å². The molecular formula is C42H35N3. The van der Waals surface area contributed by atoms with Gasteiger partial charge in [-0.2, -0.15) is 0 Å². The van der Waals surface area contributed by atoms with Crippen molar-refractivity contribution in [3.05, 3.63) is 156 Å². The number of benzene rings is 6. The monoisotopic (exact) mass is 581 g/mol. The summed E-state index contributed by atoms with van der Waals surface area (Å²) in [5, 5.41) is 16.5. The Morgan fingerprint density at radius 2 is 1.27 bits per heavy atom. The van der Waals surface area contributed by atoms with Crippen molar-refractivity contribution in [3.8, 4) is 11.1 Å². The lowest BCUT2D eigenvalue weighted by atomic mass is 9.94. The largest absolute Gasteiger partial charge is 0.344 e. The van der Waals surface area contributed by atoms with Crippen molar-refractivity contribution in [2.24, 2.45) is 17.5 Å². The molecule has 8 rings (SSSR count). The lowest BCUT2D eigenvalue weighted by molar-refractivity contribution is 0.634. The van der Waals surface area contributed by atoms with Gasteiger partial charge in [0.1, 0.15) is 0 Å². The van der Waals surface area contributed by atoms with Crippen LogP contribution in [0, 0.1) is 10.8 Å². The SMILES string of the molecule is C=NC1=CC(C)(C)C=C1C(=N)c1ccc(-c2cccc3ccccc23)cc1.Cn1c2ccccc2c2c3ccccc3ccc21. The first-order chi connectivity index (χ1) is 21.8. The summed E-state index contributed by atoms with van der Waals surface area (Å²) < 4.78 is 2.27. The van der Waals surface area contributed by atoms with Gasteiger partial charge in [-0.3, -0.25) is 10.4 Å². The van der Waals surface area contributed by atoms with E-state index >= 15 is 0 Å². The second-order valence-electron chi connectivity index (χ2n) is 12.3. The number of nitrogens with one attached hydrogen (secondary N) is 1. The molecule has 1 heterocycles. The highest BCUT2D eigenvalue weighted by molar-refractivity contribution is 6.20. The van der Waals surface area contributed by atoms with Crippen LogP contribution in [0.15, 0.2) is 156 Å². The number of hydrogen-bond acceptors (Lipinski definition) is 2. The molecule has 1 aromatic heterocycles. The number of aromatic nitrogens is 1. The lowest BCUT2D eigenvalue weighted by Gasteiger charge is -2.11. The highest BCUT2D eigenvalue weighted by Gasteiger charge is 2.26. The van der Waals surface area contributed by atoms with Crippen molar-refractivity contribution in [1.29, 1.82) is 5.41 Å². The van der Waals surface area contributed by atoms with Gasteiger partial charge in [-0.15, -0.1) is 0 Å². The molecule has 3 heteroatoms. The third-order valence-corrected chi connectivity index (χ3v) is 8.82. The maximum atomic E-state index is 8.65. The summed E-state index contributed by atoms with van der Waals surface area (Å²) in [5.74, 6) is 0. The Kier molecular flexibility index (Phi) is 7.02. The van der Waals surface area contributed by atoms with Gasteiger partial charge in [-0.25, -0.2) is 0 Å². The molecule has 0 atom stereocenters. The number of fused-ring (bicyclic) bond motifs is 6. The molecule has 0 saturated heterocycles.